The van der Waals surface area contributed by atoms with Crippen molar-refractivity contribution in [2.45, 2.75) is 13.2 Å². The molecule has 10 nitrogen and oxygen atoms in total. The Hall–Kier alpha value is -5.25. The molecule has 0 aliphatic rings. The zero-order chi connectivity index (χ0) is 25.5. The lowest BCUT2D eigenvalue weighted by Gasteiger charge is -2.04. The van der Waals surface area contributed by atoms with Gasteiger partial charge in [0.15, 0.2) is 0 Å². The van der Waals surface area contributed by atoms with Gasteiger partial charge in [0, 0.05) is 16.6 Å². The highest BCUT2D eigenvalue weighted by Crippen LogP contribution is 2.15. The number of amides is 2. The van der Waals surface area contributed by atoms with Gasteiger partial charge in [0.05, 0.1) is 12.4 Å². The Labute approximate surface area is 212 Å². The number of rotatable bonds is 9. The molecule has 0 atom stereocenters. The lowest BCUT2D eigenvalue weighted by atomic mass is 10.2. The van der Waals surface area contributed by atoms with E-state index < -0.39 is 0 Å². The molecule has 184 valence electrons. The number of hydrogen-bond acceptors (Lipinski definition) is 6. The number of para-hydroxylation sites is 2. The summed E-state index contributed by atoms with van der Waals surface area (Å²) < 4.78 is 7.21. The molecule has 0 spiro atoms. The van der Waals surface area contributed by atoms with Crippen molar-refractivity contribution in [3.8, 4) is 5.75 Å². The molecule has 0 radical (unpaired) electrons. The van der Waals surface area contributed by atoms with Gasteiger partial charge in [0.25, 0.3) is 5.91 Å². The van der Waals surface area contributed by atoms with Crippen molar-refractivity contribution in [2.24, 2.45) is 5.10 Å². The molecule has 2 amide bonds. The topological polar surface area (TPSA) is 126 Å². The monoisotopic (exact) mass is 493 g/mol. The minimum Gasteiger partial charge on any atom is -0.487 e. The number of aromatic nitrogens is 4. The third-order valence-electron chi connectivity index (χ3n) is 5.37. The molecule has 3 aromatic carbocycles. The highest BCUT2D eigenvalue weighted by Gasteiger charge is 2.09. The molecule has 37 heavy (non-hydrogen) atoms. The van der Waals surface area contributed by atoms with Crippen LogP contribution in [-0.2, 0) is 17.9 Å². The fraction of sp³-hybridized carbons (Fsp3) is 0.0741. The van der Waals surface area contributed by atoms with Crippen molar-refractivity contribution in [3.63, 3.8) is 0 Å². The van der Waals surface area contributed by atoms with Gasteiger partial charge in [-0.05, 0) is 54.1 Å². The first-order chi connectivity index (χ1) is 18.1. The summed E-state index contributed by atoms with van der Waals surface area (Å²) in [7, 11) is 0. The van der Waals surface area contributed by atoms with Crippen LogP contribution < -0.4 is 15.5 Å². The largest absolute Gasteiger partial charge is 0.487 e. The summed E-state index contributed by atoms with van der Waals surface area (Å²) in [5.74, 6) is 0.118. The molecule has 0 saturated heterocycles. The van der Waals surface area contributed by atoms with Crippen LogP contribution in [0.25, 0.3) is 10.9 Å². The van der Waals surface area contributed by atoms with Crippen molar-refractivity contribution in [1.29, 1.82) is 0 Å². The molecule has 0 aliphatic carbocycles. The van der Waals surface area contributed by atoms with Crippen molar-refractivity contribution < 1.29 is 14.3 Å². The van der Waals surface area contributed by atoms with Crippen molar-refractivity contribution in [2.75, 3.05) is 5.32 Å². The fourth-order valence-corrected chi connectivity index (χ4v) is 3.58. The van der Waals surface area contributed by atoms with E-state index in [2.05, 4.69) is 31.1 Å². The predicted octanol–water partition coefficient (Wildman–Crippen LogP) is 3.74. The van der Waals surface area contributed by atoms with Crippen molar-refractivity contribution >= 4 is 34.6 Å². The van der Waals surface area contributed by atoms with Crippen LogP contribution in [0.5, 0.6) is 5.75 Å². The Morgan fingerprint density at radius 3 is 2.59 bits per heavy atom. The van der Waals surface area contributed by atoms with Crippen LogP contribution in [0.1, 0.15) is 21.7 Å². The standard InChI is InChI=1S/C27H23N7O3/c35-26(29-21-7-2-1-3-8-21)17-34-16-22(31-33-34)18-37-23-12-10-19(11-13-23)15-28-32-27(36)25-14-20-6-4-5-9-24(20)30-25/h1-16,30H,17-18H2,(H,29,35)(H,32,36)/b28-15+. The Morgan fingerprint density at radius 1 is 1.00 bits per heavy atom. The van der Waals surface area contributed by atoms with E-state index in [1.54, 1.807) is 30.6 Å². The first-order valence-corrected chi connectivity index (χ1v) is 11.5. The molecule has 2 heterocycles. The van der Waals surface area contributed by atoms with Gasteiger partial charge in [-0.2, -0.15) is 5.10 Å². The van der Waals surface area contributed by atoms with Gasteiger partial charge in [0.1, 0.15) is 30.3 Å². The summed E-state index contributed by atoms with van der Waals surface area (Å²) in [4.78, 5) is 27.5. The van der Waals surface area contributed by atoms with Crippen LogP contribution in [0.2, 0.25) is 0 Å². The van der Waals surface area contributed by atoms with E-state index in [9.17, 15) is 9.59 Å². The highest BCUT2D eigenvalue weighted by molar-refractivity contribution is 5.98. The molecule has 0 unspecified atom stereocenters. The Balaban J connectivity index is 1.08. The van der Waals surface area contributed by atoms with Gasteiger partial charge in [-0.15, -0.1) is 5.10 Å². The number of hydrazone groups is 1. The molecule has 5 aromatic rings. The number of nitrogens with one attached hydrogen (secondary N) is 3. The number of hydrogen-bond donors (Lipinski definition) is 3. The number of H-pyrrole nitrogens is 1. The lowest BCUT2D eigenvalue weighted by Crippen LogP contribution is -2.19. The molecule has 0 saturated carbocycles. The molecule has 0 bridgehead atoms. The summed E-state index contributed by atoms with van der Waals surface area (Å²) in [5.41, 5.74) is 5.96. The number of ether oxygens (including phenoxy) is 1. The summed E-state index contributed by atoms with van der Waals surface area (Å²) in [6.45, 7) is 0.251. The van der Waals surface area contributed by atoms with Gasteiger partial charge in [-0.1, -0.05) is 41.6 Å². The molecule has 3 N–H and O–H groups in total. The number of nitrogens with zero attached hydrogens (tertiary/aromatic N) is 4. The maximum absolute atomic E-state index is 12.3. The molecule has 0 fully saturated rings. The van der Waals surface area contributed by atoms with E-state index in [1.807, 2.05) is 66.7 Å². The van der Waals surface area contributed by atoms with Crippen molar-refractivity contribution in [3.05, 3.63) is 108 Å². The number of carbonyl (C=O) groups is 2. The van der Waals surface area contributed by atoms with Gasteiger partial charge in [-0.3, -0.25) is 9.59 Å². The Morgan fingerprint density at radius 2 is 1.78 bits per heavy atom. The minimum atomic E-state index is -0.321. The van der Waals surface area contributed by atoms with Crippen LogP contribution in [0.4, 0.5) is 5.69 Å². The Kier molecular flexibility index (Phi) is 6.98. The van der Waals surface area contributed by atoms with E-state index in [0.29, 0.717) is 17.1 Å². The maximum atomic E-state index is 12.3. The minimum absolute atomic E-state index is 0.0484. The number of fused-ring (bicyclic) bond motifs is 1. The SMILES string of the molecule is O=C(Cn1cc(COc2ccc(/C=N/NC(=O)c3cc4ccccc4[nH]3)cc2)nn1)Nc1ccccc1. The number of carbonyl (C=O) groups excluding carboxylic acids is 2. The normalized spacial score (nSPS) is 11.0. The van der Waals surface area contributed by atoms with Gasteiger partial charge in [0.2, 0.25) is 5.91 Å². The average Bonchev–Trinajstić information content (AvgIpc) is 3.55. The third-order valence-corrected chi connectivity index (χ3v) is 5.37. The van der Waals surface area contributed by atoms with Crippen LogP contribution >= 0.6 is 0 Å². The molecular formula is C27H23N7O3. The Bertz CT molecular complexity index is 1510. The van der Waals surface area contributed by atoms with E-state index in [0.717, 1.165) is 22.2 Å². The summed E-state index contributed by atoms with van der Waals surface area (Å²) >= 11 is 0. The fourth-order valence-electron chi connectivity index (χ4n) is 3.58. The van der Waals surface area contributed by atoms with E-state index in [-0.39, 0.29) is 25.0 Å². The number of anilines is 1. The molecular weight excluding hydrogens is 470 g/mol. The third kappa shape index (κ3) is 6.25. The maximum Gasteiger partial charge on any atom is 0.287 e. The summed E-state index contributed by atoms with van der Waals surface area (Å²) in [5, 5.41) is 15.8. The molecule has 10 heteroatoms. The van der Waals surface area contributed by atoms with Gasteiger partial charge >= 0.3 is 0 Å². The van der Waals surface area contributed by atoms with E-state index >= 15 is 0 Å². The molecule has 2 aromatic heterocycles. The van der Waals surface area contributed by atoms with Gasteiger partial charge < -0.3 is 15.0 Å². The van der Waals surface area contributed by atoms with Crippen LogP contribution in [-0.4, -0.2) is 38.0 Å². The zero-order valence-corrected chi connectivity index (χ0v) is 19.7. The molecule has 0 aliphatic heterocycles. The summed E-state index contributed by atoms with van der Waals surface area (Å²) in [6.07, 6.45) is 3.22. The predicted molar refractivity (Wildman–Crippen MR) is 139 cm³/mol. The van der Waals surface area contributed by atoms with E-state index in [4.69, 9.17) is 4.74 Å². The average molecular weight is 494 g/mol. The first kappa shape index (κ1) is 23.5. The second-order valence-electron chi connectivity index (χ2n) is 8.15. The van der Waals surface area contributed by atoms with Crippen LogP contribution in [0, 0.1) is 0 Å². The highest BCUT2D eigenvalue weighted by atomic mass is 16.5. The lowest BCUT2D eigenvalue weighted by molar-refractivity contribution is -0.116. The van der Waals surface area contributed by atoms with Crippen LogP contribution in [0.3, 0.4) is 0 Å². The number of aromatic amines is 1. The smallest absolute Gasteiger partial charge is 0.287 e. The van der Waals surface area contributed by atoms with Crippen molar-refractivity contribution in [1.82, 2.24) is 25.4 Å². The quantitative estimate of drug-likeness (QED) is 0.213. The zero-order valence-electron chi connectivity index (χ0n) is 19.7. The first-order valence-electron chi connectivity index (χ1n) is 11.5. The molecule has 5 rings (SSSR count). The second-order valence-corrected chi connectivity index (χ2v) is 8.15. The van der Waals surface area contributed by atoms with Crippen LogP contribution in [0.15, 0.2) is 96.2 Å². The second kappa shape index (κ2) is 11.0. The number of benzene rings is 3. The van der Waals surface area contributed by atoms with Gasteiger partial charge in [-0.25, -0.2) is 10.1 Å². The summed E-state index contributed by atoms with van der Waals surface area (Å²) in [6, 6.07) is 25.9. The van der Waals surface area contributed by atoms with E-state index in [1.165, 1.54) is 4.68 Å².